The van der Waals surface area contributed by atoms with E-state index in [4.69, 9.17) is 13.9 Å². The lowest BCUT2D eigenvalue weighted by Gasteiger charge is -2.14. The highest BCUT2D eigenvalue weighted by molar-refractivity contribution is 5.85. The van der Waals surface area contributed by atoms with Crippen LogP contribution in [0.4, 0.5) is 13.2 Å². The third kappa shape index (κ3) is 4.32. The van der Waals surface area contributed by atoms with Gasteiger partial charge in [-0.05, 0) is 53.9 Å². The van der Waals surface area contributed by atoms with Crippen LogP contribution in [-0.4, -0.2) is 7.11 Å². The number of rotatable bonds is 6. The van der Waals surface area contributed by atoms with E-state index in [2.05, 4.69) is 0 Å². The van der Waals surface area contributed by atoms with Crippen LogP contribution in [0.1, 0.15) is 22.3 Å². The molecule has 3 aromatic carbocycles. The molecule has 0 saturated heterocycles. The van der Waals surface area contributed by atoms with Crippen molar-refractivity contribution in [3.05, 3.63) is 105 Å². The summed E-state index contributed by atoms with van der Waals surface area (Å²) >= 11 is 0. The summed E-state index contributed by atoms with van der Waals surface area (Å²) in [6.07, 6.45) is 0.0641. The number of hydrogen-bond donors (Lipinski definition) is 0. The van der Waals surface area contributed by atoms with E-state index < -0.39 is 17.3 Å². The first-order valence-electron chi connectivity index (χ1n) is 9.81. The third-order valence-electron chi connectivity index (χ3n) is 5.14. The van der Waals surface area contributed by atoms with Crippen molar-refractivity contribution in [1.82, 2.24) is 0 Å². The van der Waals surface area contributed by atoms with Crippen LogP contribution in [-0.2, 0) is 13.0 Å². The zero-order chi connectivity index (χ0) is 22.8. The maximum absolute atomic E-state index is 14.0. The second kappa shape index (κ2) is 8.78. The van der Waals surface area contributed by atoms with Crippen LogP contribution in [0.2, 0.25) is 0 Å². The number of benzene rings is 3. The Bertz CT molecular complexity index is 1360. The summed E-state index contributed by atoms with van der Waals surface area (Å²) in [7, 11) is 1.49. The van der Waals surface area contributed by atoms with Crippen LogP contribution in [0.25, 0.3) is 11.0 Å². The van der Waals surface area contributed by atoms with Crippen LogP contribution in [0.5, 0.6) is 11.5 Å². The zero-order valence-electron chi connectivity index (χ0n) is 17.4. The highest BCUT2D eigenvalue weighted by atomic mass is 19.2. The minimum Gasteiger partial charge on any atom is -0.497 e. The molecule has 1 heterocycles. The Kier molecular flexibility index (Phi) is 5.90. The molecule has 4 aromatic rings. The molecule has 0 bridgehead atoms. The van der Waals surface area contributed by atoms with Crippen molar-refractivity contribution >= 4 is 11.0 Å². The highest BCUT2D eigenvalue weighted by Crippen LogP contribution is 2.32. The lowest BCUT2D eigenvalue weighted by Crippen LogP contribution is -2.12. The van der Waals surface area contributed by atoms with Gasteiger partial charge in [0.2, 0.25) is 0 Å². The van der Waals surface area contributed by atoms with E-state index in [0.29, 0.717) is 27.8 Å². The Morgan fingerprint density at radius 1 is 0.875 bits per heavy atom. The number of methoxy groups -OCH3 is 1. The fraction of sp³-hybridized carbons (Fsp3) is 0.160. The van der Waals surface area contributed by atoms with Gasteiger partial charge in [-0.15, -0.1) is 0 Å². The maximum atomic E-state index is 14.0. The van der Waals surface area contributed by atoms with Gasteiger partial charge in [-0.2, -0.15) is 0 Å². The number of hydrogen-bond acceptors (Lipinski definition) is 4. The van der Waals surface area contributed by atoms with Crippen molar-refractivity contribution in [3.63, 3.8) is 0 Å². The van der Waals surface area contributed by atoms with Crippen LogP contribution in [0.15, 0.2) is 63.8 Å². The Hall–Kier alpha value is -3.74. The maximum Gasteiger partial charge on any atom is 0.343 e. The van der Waals surface area contributed by atoms with Crippen LogP contribution in [0, 0.1) is 24.4 Å². The molecule has 0 unspecified atom stereocenters. The second-order valence-electron chi connectivity index (χ2n) is 7.36. The largest absolute Gasteiger partial charge is 0.497 e. The molecule has 0 amide bonds. The molecular formula is C25H19F3O4. The second-order valence-corrected chi connectivity index (χ2v) is 7.36. The van der Waals surface area contributed by atoms with Gasteiger partial charge in [-0.25, -0.2) is 18.0 Å². The molecule has 4 nitrogen and oxygen atoms in total. The van der Waals surface area contributed by atoms with Crippen molar-refractivity contribution < 1.29 is 27.1 Å². The third-order valence-corrected chi connectivity index (χ3v) is 5.14. The van der Waals surface area contributed by atoms with E-state index in [1.807, 2.05) is 0 Å². The van der Waals surface area contributed by atoms with Gasteiger partial charge in [0.1, 0.15) is 29.5 Å². The molecule has 0 atom stereocenters. The standard InChI is InChI=1S/C25H19F3O4/c1-14-3-4-15(10-21(14)27)9-19-24(31-13-16-5-8-20(26)22(28)11-16)18-7-6-17(30-2)12-23(18)32-25(19)29/h3-8,10-12H,9,13H2,1-2H3. The van der Waals surface area contributed by atoms with Gasteiger partial charge in [0.15, 0.2) is 11.6 Å². The molecule has 0 saturated carbocycles. The molecule has 0 aliphatic carbocycles. The average Bonchev–Trinajstić information content (AvgIpc) is 2.78. The smallest absolute Gasteiger partial charge is 0.343 e. The molecule has 0 aliphatic rings. The number of ether oxygens (including phenoxy) is 2. The van der Waals surface area contributed by atoms with Crippen molar-refractivity contribution in [2.75, 3.05) is 7.11 Å². The first kappa shape index (κ1) is 21.5. The molecule has 7 heteroatoms. The Balaban J connectivity index is 1.79. The molecule has 4 rings (SSSR count). The lowest BCUT2D eigenvalue weighted by atomic mass is 10.0. The topological polar surface area (TPSA) is 48.7 Å². The molecule has 1 aromatic heterocycles. The van der Waals surface area contributed by atoms with E-state index in [-0.39, 0.29) is 35.7 Å². The Morgan fingerprint density at radius 3 is 2.34 bits per heavy atom. The number of fused-ring (bicyclic) bond motifs is 1. The molecule has 0 radical (unpaired) electrons. The van der Waals surface area contributed by atoms with E-state index >= 15 is 0 Å². The first-order chi connectivity index (χ1) is 15.4. The SMILES string of the molecule is COc1ccc2c(OCc3ccc(F)c(F)c3)c(Cc3ccc(C)c(F)c3)c(=O)oc2c1. The van der Waals surface area contributed by atoms with Crippen molar-refractivity contribution in [2.24, 2.45) is 0 Å². The normalized spacial score (nSPS) is 11.0. The lowest BCUT2D eigenvalue weighted by molar-refractivity contribution is 0.302. The van der Waals surface area contributed by atoms with Gasteiger partial charge in [0, 0.05) is 12.5 Å². The summed E-state index contributed by atoms with van der Waals surface area (Å²) in [5, 5.41) is 0.496. The van der Waals surface area contributed by atoms with Gasteiger partial charge in [0.05, 0.1) is 18.1 Å². The van der Waals surface area contributed by atoms with Gasteiger partial charge in [-0.3, -0.25) is 0 Å². The molecule has 0 fully saturated rings. The van der Waals surface area contributed by atoms with Crippen molar-refractivity contribution in [2.45, 2.75) is 20.0 Å². The summed E-state index contributed by atoms with van der Waals surface area (Å²) in [6.45, 7) is 1.53. The summed E-state index contributed by atoms with van der Waals surface area (Å²) < 4.78 is 57.5. The minimum absolute atomic E-state index is 0.0641. The summed E-state index contributed by atoms with van der Waals surface area (Å²) in [6, 6.07) is 13.0. The molecule has 0 spiro atoms. The molecule has 164 valence electrons. The van der Waals surface area contributed by atoms with Gasteiger partial charge in [0.25, 0.3) is 0 Å². The average molecular weight is 440 g/mol. The van der Waals surface area contributed by atoms with Crippen molar-refractivity contribution in [3.8, 4) is 11.5 Å². The van der Waals surface area contributed by atoms with Crippen LogP contribution < -0.4 is 15.1 Å². The van der Waals surface area contributed by atoms with E-state index in [1.54, 1.807) is 37.3 Å². The van der Waals surface area contributed by atoms with Crippen LogP contribution >= 0.6 is 0 Å². The Labute approximate surface area is 181 Å². The zero-order valence-corrected chi connectivity index (χ0v) is 17.4. The van der Waals surface area contributed by atoms with E-state index in [0.717, 1.165) is 12.1 Å². The highest BCUT2D eigenvalue weighted by Gasteiger charge is 2.18. The first-order valence-corrected chi connectivity index (χ1v) is 9.81. The quantitative estimate of drug-likeness (QED) is 0.361. The fourth-order valence-electron chi connectivity index (χ4n) is 3.37. The van der Waals surface area contributed by atoms with E-state index in [9.17, 15) is 18.0 Å². The number of halogens is 3. The molecule has 32 heavy (non-hydrogen) atoms. The van der Waals surface area contributed by atoms with Gasteiger partial charge >= 0.3 is 5.63 Å². The predicted molar refractivity (Wildman–Crippen MR) is 114 cm³/mol. The van der Waals surface area contributed by atoms with E-state index in [1.165, 1.54) is 19.2 Å². The minimum atomic E-state index is -0.997. The number of aryl methyl sites for hydroxylation is 1. The van der Waals surface area contributed by atoms with Crippen LogP contribution in [0.3, 0.4) is 0 Å². The van der Waals surface area contributed by atoms with Gasteiger partial charge < -0.3 is 13.9 Å². The molecular weight excluding hydrogens is 421 g/mol. The summed E-state index contributed by atoms with van der Waals surface area (Å²) in [5.74, 6) is -1.63. The predicted octanol–water partition coefficient (Wildman–Crippen LogP) is 5.70. The van der Waals surface area contributed by atoms with Crippen molar-refractivity contribution in [1.29, 1.82) is 0 Å². The fourth-order valence-corrected chi connectivity index (χ4v) is 3.37. The molecule has 0 N–H and O–H groups in total. The Morgan fingerprint density at radius 2 is 1.62 bits per heavy atom. The summed E-state index contributed by atoms with van der Waals surface area (Å²) in [4.78, 5) is 12.8. The monoisotopic (exact) mass is 440 g/mol. The summed E-state index contributed by atoms with van der Waals surface area (Å²) in [5.41, 5.74) is 1.22. The molecule has 0 aliphatic heterocycles. The van der Waals surface area contributed by atoms with Gasteiger partial charge in [-0.1, -0.05) is 18.2 Å².